The van der Waals surface area contributed by atoms with Crippen molar-refractivity contribution in [3.05, 3.63) is 29.0 Å². The SMILES string of the molecule is CC(C)(CN)CCS(=O)(=O)c1ccc(F)c(Cl)c1. The zero-order valence-corrected chi connectivity index (χ0v) is 12.0. The van der Waals surface area contributed by atoms with E-state index in [9.17, 15) is 12.8 Å². The first-order valence-electron chi connectivity index (χ1n) is 5.56. The van der Waals surface area contributed by atoms with Gasteiger partial charge in [0.05, 0.1) is 15.7 Å². The van der Waals surface area contributed by atoms with Crippen LogP contribution >= 0.6 is 11.6 Å². The predicted molar refractivity (Wildman–Crippen MR) is 70.9 cm³/mol. The molecular weight excluding hydrogens is 277 g/mol. The number of benzene rings is 1. The van der Waals surface area contributed by atoms with E-state index in [1.165, 1.54) is 6.07 Å². The van der Waals surface area contributed by atoms with E-state index in [4.69, 9.17) is 17.3 Å². The molecule has 0 aromatic heterocycles. The van der Waals surface area contributed by atoms with E-state index >= 15 is 0 Å². The first-order chi connectivity index (χ1) is 8.18. The Morgan fingerprint density at radius 3 is 2.50 bits per heavy atom. The Hall–Kier alpha value is -0.650. The molecule has 0 unspecified atom stereocenters. The number of sulfone groups is 1. The van der Waals surface area contributed by atoms with E-state index in [2.05, 4.69) is 0 Å². The minimum atomic E-state index is -3.45. The molecule has 0 fully saturated rings. The van der Waals surface area contributed by atoms with Crippen LogP contribution in [0.3, 0.4) is 0 Å². The van der Waals surface area contributed by atoms with Gasteiger partial charge in [-0.2, -0.15) is 0 Å². The Labute approximate surface area is 112 Å². The Bertz CT molecular complexity index is 529. The lowest BCUT2D eigenvalue weighted by atomic mass is 9.91. The number of hydrogen-bond donors (Lipinski definition) is 1. The van der Waals surface area contributed by atoms with Crippen LogP contribution in [0, 0.1) is 11.2 Å². The van der Waals surface area contributed by atoms with Gasteiger partial charge in [0.15, 0.2) is 9.84 Å². The molecule has 102 valence electrons. The van der Waals surface area contributed by atoms with Crippen molar-refractivity contribution in [2.45, 2.75) is 25.2 Å². The molecule has 1 rings (SSSR count). The normalized spacial score (nSPS) is 12.7. The van der Waals surface area contributed by atoms with Crippen LogP contribution in [0.15, 0.2) is 23.1 Å². The highest BCUT2D eigenvalue weighted by atomic mass is 35.5. The van der Waals surface area contributed by atoms with E-state index < -0.39 is 15.7 Å². The second kappa shape index (κ2) is 5.55. The van der Waals surface area contributed by atoms with Crippen LogP contribution in [0.5, 0.6) is 0 Å². The minimum Gasteiger partial charge on any atom is -0.330 e. The summed E-state index contributed by atoms with van der Waals surface area (Å²) in [5.74, 6) is -0.656. The Kier molecular flexibility index (Phi) is 4.75. The molecule has 0 atom stereocenters. The molecule has 18 heavy (non-hydrogen) atoms. The summed E-state index contributed by atoms with van der Waals surface area (Å²) in [6.45, 7) is 4.22. The maximum atomic E-state index is 13.0. The minimum absolute atomic E-state index is 0.0286. The lowest BCUT2D eigenvalue weighted by Gasteiger charge is -2.21. The van der Waals surface area contributed by atoms with E-state index in [1.54, 1.807) is 0 Å². The van der Waals surface area contributed by atoms with Crippen molar-refractivity contribution in [2.24, 2.45) is 11.1 Å². The molecule has 1 aromatic rings. The summed E-state index contributed by atoms with van der Waals surface area (Å²) in [4.78, 5) is 0.0433. The van der Waals surface area contributed by atoms with Crippen molar-refractivity contribution >= 4 is 21.4 Å². The fraction of sp³-hybridized carbons (Fsp3) is 0.500. The van der Waals surface area contributed by atoms with Crippen LogP contribution in [0.4, 0.5) is 4.39 Å². The van der Waals surface area contributed by atoms with Crippen LogP contribution in [0.2, 0.25) is 5.02 Å². The third-order valence-corrected chi connectivity index (χ3v) is 4.85. The average Bonchev–Trinajstić information content (AvgIpc) is 2.30. The molecule has 0 amide bonds. The predicted octanol–water partition coefficient (Wildman–Crippen LogP) is 2.63. The summed E-state index contributed by atoms with van der Waals surface area (Å²) in [5.41, 5.74) is 5.31. The van der Waals surface area contributed by atoms with Gasteiger partial charge in [-0.1, -0.05) is 25.4 Å². The maximum absolute atomic E-state index is 13.0. The summed E-state index contributed by atoms with van der Waals surface area (Å²) in [6, 6.07) is 3.43. The van der Waals surface area contributed by atoms with Crippen LogP contribution in [0.1, 0.15) is 20.3 Å². The summed E-state index contributed by atoms with van der Waals surface area (Å²) >= 11 is 5.58. The zero-order chi connectivity index (χ0) is 14.0. The molecule has 0 aliphatic carbocycles. The smallest absolute Gasteiger partial charge is 0.178 e. The summed E-state index contributed by atoms with van der Waals surface area (Å²) in [5, 5.41) is -0.186. The van der Waals surface area contributed by atoms with Crippen LogP contribution < -0.4 is 5.73 Å². The molecule has 0 aliphatic heterocycles. The monoisotopic (exact) mass is 293 g/mol. The third-order valence-electron chi connectivity index (χ3n) is 2.85. The van der Waals surface area contributed by atoms with Crippen molar-refractivity contribution in [1.29, 1.82) is 0 Å². The van der Waals surface area contributed by atoms with E-state index in [0.29, 0.717) is 13.0 Å². The summed E-state index contributed by atoms with van der Waals surface area (Å²) in [7, 11) is -3.45. The zero-order valence-electron chi connectivity index (χ0n) is 10.4. The Balaban J connectivity index is 2.90. The fourth-order valence-electron chi connectivity index (χ4n) is 1.30. The van der Waals surface area contributed by atoms with Gasteiger partial charge in [0.2, 0.25) is 0 Å². The number of halogens is 2. The Morgan fingerprint density at radius 2 is 2.00 bits per heavy atom. The van der Waals surface area contributed by atoms with Gasteiger partial charge in [0, 0.05) is 0 Å². The van der Waals surface area contributed by atoms with E-state index in [0.717, 1.165) is 12.1 Å². The number of nitrogens with two attached hydrogens (primary N) is 1. The maximum Gasteiger partial charge on any atom is 0.178 e. The van der Waals surface area contributed by atoms with Crippen molar-refractivity contribution in [2.75, 3.05) is 12.3 Å². The molecule has 0 saturated heterocycles. The van der Waals surface area contributed by atoms with Crippen molar-refractivity contribution in [3.63, 3.8) is 0 Å². The highest BCUT2D eigenvalue weighted by Gasteiger charge is 2.22. The summed E-state index contributed by atoms with van der Waals surface area (Å²) < 4.78 is 37.0. The molecule has 3 nitrogen and oxygen atoms in total. The van der Waals surface area contributed by atoms with Gasteiger partial charge in [0.1, 0.15) is 5.82 Å². The fourth-order valence-corrected chi connectivity index (χ4v) is 3.18. The topological polar surface area (TPSA) is 60.2 Å². The first kappa shape index (κ1) is 15.4. The molecule has 0 spiro atoms. The highest BCUT2D eigenvalue weighted by Crippen LogP contribution is 2.24. The van der Waals surface area contributed by atoms with Gasteiger partial charge in [-0.3, -0.25) is 0 Å². The lowest BCUT2D eigenvalue weighted by Crippen LogP contribution is -2.26. The van der Waals surface area contributed by atoms with E-state index in [-0.39, 0.29) is 21.1 Å². The van der Waals surface area contributed by atoms with Gasteiger partial charge in [-0.25, -0.2) is 12.8 Å². The van der Waals surface area contributed by atoms with Gasteiger partial charge >= 0.3 is 0 Å². The number of hydrogen-bond acceptors (Lipinski definition) is 3. The highest BCUT2D eigenvalue weighted by molar-refractivity contribution is 7.91. The van der Waals surface area contributed by atoms with Gasteiger partial charge in [0.25, 0.3) is 0 Å². The molecule has 0 saturated carbocycles. The van der Waals surface area contributed by atoms with Crippen molar-refractivity contribution in [3.8, 4) is 0 Å². The third kappa shape index (κ3) is 3.93. The second-order valence-electron chi connectivity index (χ2n) is 5.01. The molecule has 0 heterocycles. The molecule has 0 aliphatic rings. The van der Waals surface area contributed by atoms with Gasteiger partial charge in [-0.05, 0) is 36.6 Å². The molecule has 2 N–H and O–H groups in total. The lowest BCUT2D eigenvalue weighted by molar-refractivity contribution is 0.365. The summed E-state index contributed by atoms with van der Waals surface area (Å²) in [6.07, 6.45) is 0.445. The quantitative estimate of drug-likeness (QED) is 0.849. The molecular formula is C12H17ClFNO2S. The molecule has 6 heteroatoms. The largest absolute Gasteiger partial charge is 0.330 e. The average molecular weight is 294 g/mol. The van der Waals surface area contributed by atoms with Crippen molar-refractivity contribution in [1.82, 2.24) is 0 Å². The standard InChI is InChI=1S/C12H17ClFNO2S/c1-12(2,8-15)5-6-18(16,17)9-3-4-11(14)10(13)7-9/h3-4,7H,5-6,8,15H2,1-2H3. The van der Waals surface area contributed by atoms with E-state index in [1.807, 2.05) is 13.8 Å². The van der Waals surface area contributed by atoms with Crippen LogP contribution in [-0.4, -0.2) is 20.7 Å². The van der Waals surface area contributed by atoms with Gasteiger partial charge in [-0.15, -0.1) is 0 Å². The first-order valence-corrected chi connectivity index (χ1v) is 7.59. The molecule has 0 radical (unpaired) electrons. The van der Waals surface area contributed by atoms with Crippen LogP contribution in [-0.2, 0) is 9.84 Å². The molecule has 1 aromatic carbocycles. The molecule has 0 bridgehead atoms. The number of rotatable bonds is 5. The Morgan fingerprint density at radius 1 is 1.39 bits per heavy atom. The van der Waals surface area contributed by atoms with Crippen molar-refractivity contribution < 1.29 is 12.8 Å². The second-order valence-corrected chi connectivity index (χ2v) is 7.53. The van der Waals surface area contributed by atoms with Gasteiger partial charge < -0.3 is 5.73 Å². The van der Waals surface area contributed by atoms with Crippen LogP contribution in [0.25, 0.3) is 0 Å².